The number of allylic oxidation sites excluding steroid dienone is 2. The maximum atomic E-state index is 13.3. The van der Waals surface area contributed by atoms with E-state index in [9.17, 15) is 18.0 Å². The van der Waals surface area contributed by atoms with Gasteiger partial charge in [-0.2, -0.15) is 18.2 Å². The highest BCUT2D eigenvalue weighted by atomic mass is 35.5. The van der Waals surface area contributed by atoms with Crippen LogP contribution in [0.5, 0.6) is 0 Å². The Morgan fingerprint density at radius 1 is 1.17 bits per heavy atom. The highest BCUT2D eigenvalue weighted by molar-refractivity contribution is 6.30. The predicted octanol–water partition coefficient (Wildman–Crippen LogP) is 4.96. The molecule has 5 rings (SSSR count). The first-order valence-electron chi connectivity index (χ1n) is 9.17. The topological polar surface area (TPSA) is 73.0 Å². The Labute approximate surface area is 173 Å². The van der Waals surface area contributed by atoms with Gasteiger partial charge in [-0.25, -0.2) is 4.68 Å². The predicted molar refractivity (Wildman–Crippen MR) is 101 cm³/mol. The molecule has 0 fully saturated rings. The molecule has 0 spiro atoms. The lowest BCUT2D eigenvalue weighted by atomic mass is 9.79. The summed E-state index contributed by atoms with van der Waals surface area (Å²) in [7, 11) is 0. The molecule has 1 aromatic carbocycles. The number of alkyl halides is 3. The van der Waals surface area contributed by atoms with Gasteiger partial charge < -0.3 is 9.73 Å². The number of hydrogen-bond donors (Lipinski definition) is 1. The number of ketones is 1. The van der Waals surface area contributed by atoms with Gasteiger partial charge in [0, 0.05) is 28.6 Å². The maximum Gasteiger partial charge on any atom is 0.453 e. The van der Waals surface area contributed by atoms with Gasteiger partial charge in [0.05, 0.1) is 6.26 Å². The molecule has 0 saturated heterocycles. The molecule has 0 radical (unpaired) electrons. The van der Waals surface area contributed by atoms with Crippen molar-refractivity contribution in [2.75, 3.05) is 5.32 Å². The number of halogens is 4. The van der Waals surface area contributed by atoms with E-state index >= 15 is 0 Å². The largest absolute Gasteiger partial charge is 0.469 e. The van der Waals surface area contributed by atoms with E-state index in [-0.39, 0.29) is 24.1 Å². The van der Waals surface area contributed by atoms with Crippen molar-refractivity contribution >= 4 is 23.3 Å². The minimum atomic E-state index is -4.71. The fourth-order valence-corrected chi connectivity index (χ4v) is 4.14. The van der Waals surface area contributed by atoms with E-state index < -0.39 is 18.0 Å². The summed E-state index contributed by atoms with van der Waals surface area (Å²) < 4.78 is 46.4. The Bertz CT molecular complexity index is 1150. The molecule has 30 heavy (non-hydrogen) atoms. The number of fused-ring (bicyclic) bond motifs is 1. The first-order chi connectivity index (χ1) is 14.3. The molecule has 154 valence electrons. The van der Waals surface area contributed by atoms with E-state index in [4.69, 9.17) is 16.0 Å². The summed E-state index contributed by atoms with van der Waals surface area (Å²) >= 11 is 5.97. The third-order valence-corrected chi connectivity index (χ3v) is 5.56. The summed E-state index contributed by atoms with van der Waals surface area (Å²) in [4.78, 5) is 16.8. The van der Waals surface area contributed by atoms with Crippen LogP contribution in [0.2, 0.25) is 5.02 Å². The highest BCUT2D eigenvalue weighted by Crippen LogP contribution is 2.44. The second-order valence-electron chi connectivity index (χ2n) is 7.22. The number of hydrogen-bond acceptors (Lipinski definition) is 5. The van der Waals surface area contributed by atoms with Gasteiger partial charge >= 0.3 is 6.18 Å². The Kier molecular flexibility index (Phi) is 4.25. The average Bonchev–Trinajstić information content (AvgIpc) is 3.36. The molecule has 10 heteroatoms. The SMILES string of the molecule is O=C1C[C@@H](c2ccco2)CC2=C1[C@H](c1ccc(Cl)cc1)n1nc(C(F)(F)F)nc1N2. The minimum Gasteiger partial charge on any atom is -0.469 e. The zero-order valence-corrected chi connectivity index (χ0v) is 16.0. The van der Waals surface area contributed by atoms with Crippen molar-refractivity contribution in [1.29, 1.82) is 0 Å². The lowest BCUT2D eigenvalue weighted by Gasteiger charge is -2.34. The van der Waals surface area contributed by atoms with Gasteiger partial charge in [-0.15, -0.1) is 5.10 Å². The molecule has 2 aliphatic rings. The van der Waals surface area contributed by atoms with Gasteiger partial charge in [0.1, 0.15) is 11.8 Å². The third-order valence-electron chi connectivity index (χ3n) is 5.30. The van der Waals surface area contributed by atoms with Crippen LogP contribution in [-0.4, -0.2) is 20.5 Å². The van der Waals surface area contributed by atoms with E-state index in [2.05, 4.69) is 15.4 Å². The van der Waals surface area contributed by atoms with Crippen LogP contribution in [0.3, 0.4) is 0 Å². The zero-order valence-electron chi connectivity index (χ0n) is 15.3. The number of carbonyl (C=O) groups excluding carboxylic acids is 1. The second-order valence-corrected chi connectivity index (χ2v) is 7.65. The van der Waals surface area contributed by atoms with Crippen LogP contribution in [0.25, 0.3) is 0 Å². The Hall–Kier alpha value is -3.07. The van der Waals surface area contributed by atoms with Gasteiger partial charge in [-0.3, -0.25) is 4.79 Å². The Morgan fingerprint density at radius 2 is 1.93 bits per heavy atom. The van der Waals surface area contributed by atoms with E-state index in [1.54, 1.807) is 36.4 Å². The van der Waals surface area contributed by atoms with Gasteiger partial charge in [-0.05, 0) is 36.2 Å². The van der Waals surface area contributed by atoms with Crippen LogP contribution in [0.15, 0.2) is 58.3 Å². The molecule has 1 aliphatic carbocycles. The number of nitrogens with one attached hydrogen (secondary N) is 1. The van der Waals surface area contributed by atoms with E-state index in [1.165, 1.54) is 6.26 Å². The molecular formula is C20H14ClF3N4O2. The first-order valence-corrected chi connectivity index (χ1v) is 9.55. The van der Waals surface area contributed by atoms with Crippen LogP contribution < -0.4 is 5.32 Å². The normalized spacial score (nSPS) is 21.3. The summed E-state index contributed by atoms with van der Waals surface area (Å²) in [6.45, 7) is 0. The van der Waals surface area contributed by atoms with Gasteiger partial charge in [0.2, 0.25) is 5.95 Å². The smallest absolute Gasteiger partial charge is 0.453 e. The van der Waals surface area contributed by atoms with E-state index in [1.807, 2.05) is 0 Å². The summed E-state index contributed by atoms with van der Waals surface area (Å²) in [5.74, 6) is -1.06. The summed E-state index contributed by atoms with van der Waals surface area (Å²) in [6, 6.07) is 9.29. The summed E-state index contributed by atoms with van der Waals surface area (Å²) in [5, 5.41) is 7.06. The van der Waals surface area contributed by atoms with Crippen molar-refractivity contribution in [2.24, 2.45) is 0 Å². The van der Waals surface area contributed by atoms with Crippen LogP contribution in [0, 0.1) is 0 Å². The van der Waals surface area contributed by atoms with Crippen molar-refractivity contribution in [3.8, 4) is 0 Å². The fraction of sp³-hybridized carbons (Fsp3) is 0.250. The summed E-state index contributed by atoms with van der Waals surface area (Å²) in [5.41, 5.74) is 1.51. The standard InChI is InChI=1S/C20H14ClF3N4O2/c21-12-5-3-10(4-6-12)17-16-13(8-11(9-14(16)29)15-2-1-7-30-15)25-19-26-18(20(22,23)24)27-28(17)19/h1-7,11,17H,8-9H2,(H,25,26,27)/t11-,17-/m0/s1. The number of anilines is 1. The van der Waals surface area contributed by atoms with Crippen LogP contribution >= 0.6 is 11.6 Å². The zero-order chi connectivity index (χ0) is 21.0. The number of carbonyl (C=O) groups is 1. The highest BCUT2D eigenvalue weighted by Gasteiger charge is 2.43. The van der Waals surface area contributed by atoms with Crippen molar-refractivity contribution in [1.82, 2.24) is 14.8 Å². The molecule has 1 aliphatic heterocycles. The molecule has 0 bridgehead atoms. The fourth-order valence-electron chi connectivity index (χ4n) is 4.01. The van der Waals surface area contributed by atoms with Crippen molar-refractivity contribution < 1.29 is 22.4 Å². The number of furan rings is 1. The minimum absolute atomic E-state index is 0.0612. The van der Waals surface area contributed by atoms with Gasteiger partial charge in [0.15, 0.2) is 5.78 Å². The van der Waals surface area contributed by atoms with Gasteiger partial charge in [-0.1, -0.05) is 23.7 Å². The molecule has 2 aromatic heterocycles. The molecule has 3 aromatic rings. The number of rotatable bonds is 2. The average molecular weight is 435 g/mol. The van der Waals surface area contributed by atoms with Crippen molar-refractivity contribution in [3.05, 3.63) is 76.1 Å². The number of nitrogens with zero attached hydrogens (tertiary/aromatic N) is 3. The molecule has 3 heterocycles. The van der Waals surface area contributed by atoms with Crippen molar-refractivity contribution in [2.45, 2.75) is 31.0 Å². The molecule has 0 saturated carbocycles. The lowest BCUT2D eigenvalue weighted by Crippen LogP contribution is -2.33. The first kappa shape index (κ1) is 18.9. The van der Waals surface area contributed by atoms with Gasteiger partial charge in [0.25, 0.3) is 5.82 Å². The van der Waals surface area contributed by atoms with Crippen LogP contribution in [0.1, 0.15) is 41.9 Å². The lowest BCUT2D eigenvalue weighted by molar-refractivity contribution is -0.145. The number of benzene rings is 1. The second kappa shape index (κ2) is 6.73. The third kappa shape index (κ3) is 3.09. The number of Topliss-reactive ketones (excluding diaryl/α,β-unsaturated/α-hetero) is 1. The molecule has 6 nitrogen and oxygen atoms in total. The summed E-state index contributed by atoms with van der Waals surface area (Å²) in [6.07, 6.45) is -2.58. The maximum absolute atomic E-state index is 13.3. The molecular weight excluding hydrogens is 421 g/mol. The Morgan fingerprint density at radius 3 is 2.60 bits per heavy atom. The van der Waals surface area contributed by atoms with E-state index in [0.29, 0.717) is 34.0 Å². The molecule has 1 N–H and O–H groups in total. The van der Waals surface area contributed by atoms with Crippen LogP contribution in [0.4, 0.5) is 19.1 Å². The number of aromatic nitrogens is 3. The molecule has 0 unspecified atom stereocenters. The van der Waals surface area contributed by atoms with Crippen molar-refractivity contribution in [3.63, 3.8) is 0 Å². The van der Waals surface area contributed by atoms with E-state index in [0.717, 1.165) is 4.68 Å². The van der Waals surface area contributed by atoms with Crippen LogP contribution in [-0.2, 0) is 11.0 Å². The quantitative estimate of drug-likeness (QED) is 0.617. The molecule has 0 amide bonds. The Balaban J connectivity index is 1.64. The monoisotopic (exact) mass is 434 g/mol. The molecule has 2 atom stereocenters.